The summed E-state index contributed by atoms with van der Waals surface area (Å²) in [4.78, 5) is 17.5. The van der Waals surface area contributed by atoms with E-state index >= 15 is 0 Å². The minimum absolute atomic E-state index is 0.0532. The maximum Gasteiger partial charge on any atom is 0.266 e. The highest BCUT2D eigenvalue weighted by Crippen LogP contribution is 2.16. The van der Waals surface area contributed by atoms with Crippen molar-refractivity contribution in [3.63, 3.8) is 0 Å². The van der Waals surface area contributed by atoms with Crippen molar-refractivity contribution in [2.45, 2.75) is 25.9 Å². The third-order valence-electron chi connectivity index (χ3n) is 1.55. The van der Waals surface area contributed by atoms with Gasteiger partial charge in [-0.1, -0.05) is 0 Å². The fraction of sp³-hybridized carbons (Fsp3) is 0.500. The average Bonchev–Trinajstić information content (AvgIpc) is 1.96. The molecule has 1 aromatic heterocycles. The minimum Gasteiger partial charge on any atom is -0.390 e. The molecule has 6 heteroatoms. The topological polar surface area (TPSA) is 92.0 Å². The van der Waals surface area contributed by atoms with Crippen LogP contribution in [0.1, 0.15) is 19.5 Å². The quantitative estimate of drug-likeness (QED) is 0.720. The van der Waals surface area contributed by atoms with Gasteiger partial charge in [0.2, 0.25) is 5.95 Å². The summed E-state index contributed by atoms with van der Waals surface area (Å²) in [5.74, 6) is 0.0532. The van der Waals surface area contributed by atoms with E-state index in [0.717, 1.165) is 0 Å². The van der Waals surface area contributed by atoms with Crippen LogP contribution in [-0.2, 0) is 6.42 Å². The Balaban J connectivity index is 3.15. The van der Waals surface area contributed by atoms with Gasteiger partial charge in [0.15, 0.2) is 0 Å². The third kappa shape index (κ3) is 2.81. The summed E-state index contributed by atoms with van der Waals surface area (Å²) in [6, 6.07) is 0. The maximum absolute atomic E-state index is 11.2. The SMILES string of the molecule is CC(C)(O)Cc1nc(N)[nH]c(=O)c1Br. The number of hydrogen-bond acceptors (Lipinski definition) is 4. The first-order valence-electron chi connectivity index (χ1n) is 4.06. The van der Waals surface area contributed by atoms with Crippen molar-refractivity contribution >= 4 is 21.9 Å². The number of aromatic nitrogens is 2. The lowest BCUT2D eigenvalue weighted by Gasteiger charge is -2.16. The van der Waals surface area contributed by atoms with Crippen LogP contribution in [0.3, 0.4) is 0 Å². The van der Waals surface area contributed by atoms with Gasteiger partial charge in [-0.2, -0.15) is 0 Å². The Kier molecular flexibility index (Phi) is 2.96. The van der Waals surface area contributed by atoms with Crippen LogP contribution >= 0.6 is 15.9 Å². The van der Waals surface area contributed by atoms with E-state index in [1.165, 1.54) is 0 Å². The first-order chi connectivity index (χ1) is 6.29. The molecule has 0 aliphatic carbocycles. The van der Waals surface area contributed by atoms with E-state index in [-0.39, 0.29) is 17.9 Å². The molecule has 1 aromatic rings. The molecule has 0 bridgehead atoms. The van der Waals surface area contributed by atoms with E-state index in [4.69, 9.17) is 5.73 Å². The van der Waals surface area contributed by atoms with Gasteiger partial charge in [0.1, 0.15) is 4.47 Å². The Hall–Kier alpha value is -0.880. The summed E-state index contributed by atoms with van der Waals surface area (Å²) < 4.78 is 0.314. The molecule has 0 aromatic carbocycles. The molecule has 0 unspecified atom stereocenters. The number of nitrogen functional groups attached to an aromatic ring is 1. The highest BCUT2D eigenvalue weighted by atomic mass is 79.9. The Labute approximate surface area is 89.5 Å². The van der Waals surface area contributed by atoms with Crippen LogP contribution in [0.15, 0.2) is 9.27 Å². The molecule has 1 heterocycles. The molecule has 0 amide bonds. The normalized spacial score (nSPS) is 11.7. The second-order valence-corrected chi connectivity index (χ2v) is 4.49. The number of nitrogens with two attached hydrogens (primary N) is 1. The van der Waals surface area contributed by atoms with Gasteiger partial charge >= 0.3 is 0 Å². The molecule has 0 saturated heterocycles. The van der Waals surface area contributed by atoms with Crippen LogP contribution in [0.5, 0.6) is 0 Å². The number of nitrogens with zero attached hydrogens (tertiary/aromatic N) is 1. The molecule has 14 heavy (non-hydrogen) atoms. The summed E-state index contributed by atoms with van der Waals surface area (Å²) in [6.45, 7) is 3.27. The van der Waals surface area contributed by atoms with Crippen LogP contribution in [0.4, 0.5) is 5.95 Å². The standard InChI is InChI=1S/C8H12BrN3O2/c1-8(2,14)3-4-5(9)6(13)12-7(10)11-4/h14H,3H2,1-2H3,(H3,10,11,12,13). The largest absolute Gasteiger partial charge is 0.390 e. The molecular weight excluding hydrogens is 250 g/mol. The zero-order valence-electron chi connectivity index (χ0n) is 7.97. The summed E-state index contributed by atoms with van der Waals surface area (Å²) in [6.07, 6.45) is 0.266. The van der Waals surface area contributed by atoms with Gasteiger partial charge in [0, 0.05) is 6.42 Å². The van der Waals surface area contributed by atoms with Crippen molar-refractivity contribution in [3.8, 4) is 0 Å². The molecule has 1 rings (SSSR count). The van der Waals surface area contributed by atoms with Crippen LogP contribution in [-0.4, -0.2) is 20.7 Å². The zero-order valence-corrected chi connectivity index (χ0v) is 9.55. The highest BCUT2D eigenvalue weighted by molar-refractivity contribution is 9.10. The first-order valence-corrected chi connectivity index (χ1v) is 4.85. The van der Waals surface area contributed by atoms with Crippen molar-refractivity contribution in [1.82, 2.24) is 9.97 Å². The molecule has 5 nitrogen and oxygen atoms in total. The number of aromatic amines is 1. The van der Waals surface area contributed by atoms with Crippen molar-refractivity contribution in [2.24, 2.45) is 0 Å². The molecule has 0 spiro atoms. The van der Waals surface area contributed by atoms with Gasteiger partial charge in [0.25, 0.3) is 5.56 Å². The predicted molar refractivity (Wildman–Crippen MR) is 57.0 cm³/mol. The number of hydrogen-bond donors (Lipinski definition) is 3. The van der Waals surface area contributed by atoms with E-state index in [2.05, 4.69) is 25.9 Å². The molecule has 0 radical (unpaired) electrons. The van der Waals surface area contributed by atoms with E-state index in [1.54, 1.807) is 13.8 Å². The van der Waals surface area contributed by atoms with Gasteiger partial charge in [-0.3, -0.25) is 9.78 Å². The number of rotatable bonds is 2. The monoisotopic (exact) mass is 261 g/mol. The summed E-state index contributed by atoms with van der Waals surface area (Å²) >= 11 is 3.09. The molecule has 0 aliphatic heterocycles. The molecular formula is C8H12BrN3O2. The molecule has 0 saturated carbocycles. The van der Waals surface area contributed by atoms with Crippen molar-refractivity contribution < 1.29 is 5.11 Å². The van der Waals surface area contributed by atoms with E-state index in [0.29, 0.717) is 10.2 Å². The van der Waals surface area contributed by atoms with E-state index < -0.39 is 5.60 Å². The Bertz CT molecular complexity index is 395. The van der Waals surface area contributed by atoms with Crippen LogP contribution < -0.4 is 11.3 Å². The average molecular weight is 262 g/mol. The van der Waals surface area contributed by atoms with Crippen LogP contribution in [0.2, 0.25) is 0 Å². The van der Waals surface area contributed by atoms with E-state index in [1.807, 2.05) is 0 Å². The Morgan fingerprint density at radius 3 is 2.71 bits per heavy atom. The fourth-order valence-corrected chi connectivity index (χ4v) is 1.38. The van der Waals surface area contributed by atoms with Gasteiger partial charge in [-0.15, -0.1) is 0 Å². The van der Waals surface area contributed by atoms with E-state index in [9.17, 15) is 9.90 Å². The number of halogens is 1. The molecule has 0 atom stereocenters. The number of aliphatic hydroxyl groups is 1. The lowest BCUT2D eigenvalue weighted by Crippen LogP contribution is -2.25. The first kappa shape index (κ1) is 11.2. The zero-order chi connectivity index (χ0) is 10.9. The van der Waals surface area contributed by atoms with Crippen molar-refractivity contribution in [2.75, 3.05) is 5.73 Å². The van der Waals surface area contributed by atoms with Crippen molar-refractivity contribution in [3.05, 3.63) is 20.5 Å². The number of nitrogens with one attached hydrogen (secondary N) is 1. The lowest BCUT2D eigenvalue weighted by molar-refractivity contribution is 0.0797. The maximum atomic E-state index is 11.2. The smallest absolute Gasteiger partial charge is 0.266 e. The third-order valence-corrected chi connectivity index (χ3v) is 2.37. The molecule has 0 aliphatic rings. The Morgan fingerprint density at radius 2 is 2.21 bits per heavy atom. The second-order valence-electron chi connectivity index (χ2n) is 3.70. The second kappa shape index (κ2) is 3.70. The lowest BCUT2D eigenvalue weighted by atomic mass is 10.0. The van der Waals surface area contributed by atoms with Gasteiger partial charge in [0.05, 0.1) is 11.3 Å². The van der Waals surface area contributed by atoms with Gasteiger partial charge in [-0.25, -0.2) is 4.98 Å². The number of H-pyrrole nitrogens is 1. The summed E-state index contributed by atoms with van der Waals surface area (Å²) in [5.41, 5.74) is 4.58. The predicted octanol–water partition coefficient (Wildman–Crippen LogP) is 0.428. The summed E-state index contributed by atoms with van der Waals surface area (Å²) in [7, 11) is 0. The van der Waals surface area contributed by atoms with Gasteiger partial charge < -0.3 is 10.8 Å². The fourth-order valence-electron chi connectivity index (χ4n) is 1.05. The minimum atomic E-state index is -0.921. The van der Waals surface area contributed by atoms with Crippen LogP contribution in [0.25, 0.3) is 0 Å². The molecule has 0 fully saturated rings. The molecule has 4 N–H and O–H groups in total. The summed E-state index contributed by atoms with van der Waals surface area (Å²) in [5, 5.41) is 9.56. The number of anilines is 1. The molecule has 78 valence electrons. The van der Waals surface area contributed by atoms with Crippen LogP contribution in [0, 0.1) is 0 Å². The van der Waals surface area contributed by atoms with Crippen molar-refractivity contribution in [1.29, 1.82) is 0 Å². The highest BCUT2D eigenvalue weighted by Gasteiger charge is 2.18. The van der Waals surface area contributed by atoms with Gasteiger partial charge in [-0.05, 0) is 29.8 Å². The Morgan fingerprint density at radius 1 is 1.64 bits per heavy atom.